The first-order valence-corrected chi connectivity index (χ1v) is 9.29. The van der Waals surface area contributed by atoms with Gasteiger partial charge in [-0.2, -0.15) is 0 Å². The SMILES string of the molecule is O=C(CCCCl)Nc1ccc(S(=O)(=O)Nc2nccs2)cc1. The minimum absolute atomic E-state index is 0.0986. The van der Waals surface area contributed by atoms with E-state index in [4.69, 9.17) is 11.6 Å². The van der Waals surface area contributed by atoms with Gasteiger partial charge in [-0.3, -0.25) is 9.52 Å². The van der Waals surface area contributed by atoms with Crippen LogP contribution in [0.3, 0.4) is 0 Å². The molecule has 0 spiro atoms. The Morgan fingerprint density at radius 3 is 2.59 bits per heavy atom. The Morgan fingerprint density at radius 2 is 2.00 bits per heavy atom. The number of benzene rings is 1. The van der Waals surface area contributed by atoms with E-state index in [9.17, 15) is 13.2 Å². The first-order valence-electron chi connectivity index (χ1n) is 6.39. The number of amides is 1. The molecule has 0 aliphatic rings. The number of nitrogens with zero attached hydrogens (tertiary/aromatic N) is 1. The predicted molar refractivity (Wildman–Crippen MR) is 87.9 cm³/mol. The molecule has 1 amide bonds. The van der Waals surface area contributed by atoms with Gasteiger partial charge in [0.2, 0.25) is 5.91 Å². The second-order valence-corrected chi connectivity index (χ2v) is 7.26. The molecule has 1 aromatic heterocycles. The lowest BCUT2D eigenvalue weighted by molar-refractivity contribution is -0.116. The molecule has 0 aliphatic carbocycles. The van der Waals surface area contributed by atoms with Crippen LogP contribution in [0.25, 0.3) is 0 Å². The van der Waals surface area contributed by atoms with Crippen molar-refractivity contribution in [1.82, 2.24) is 4.98 Å². The first kappa shape index (κ1) is 16.7. The number of rotatable bonds is 7. The largest absolute Gasteiger partial charge is 0.326 e. The summed E-state index contributed by atoms with van der Waals surface area (Å²) in [6.07, 6.45) is 2.44. The molecule has 1 aromatic carbocycles. The molecule has 2 rings (SSSR count). The molecule has 0 aliphatic heterocycles. The van der Waals surface area contributed by atoms with E-state index in [0.29, 0.717) is 29.5 Å². The maximum Gasteiger partial charge on any atom is 0.263 e. The Labute approximate surface area is 137 Å². The fourth-order valence-corrected chi connectivity index (χ4v) is 3.54. The molecule has 0 atom stereocenters. The van der Waals surface area contributed by atoms with E-state index in [0.717, 1.165) is 0 Å². The Hall–Kier alpha value is -1.64. The maximum absolute atomic E-state index is 12.1. The quantitative estimate of drug-likeness (QED) is 0.744. The summed E-state index contributed by atoms with van der Waals surface area (Å²) in [7, 11) is -3.67. The molecular weight excluding hydrogens is 346 g/mol. The fourth-order valence-electron chi connectivity index (χ4n) is 1.62. The molecule has 118 valence electrons. The summed E-state index contributed by atoms with van der Waals surface area (Å²) >= 11 is 6.71. The van der Waals surface area contributed by atoms with Crippen molar-refractivity contribution in [2.24, 2.45) is 0 Å². The summed E-state index contributed by atoms with van der Waals surface area (Å²) in [5, 5.41) is 4.66. The molecule has 2 N–H and O–H groups in total. The monoisotopic (exact) mass is 359 g/mol. The second kappa shape index (κ2) is 7.57. The highest BCUT2D eigenvalue weighted by atomic mass is 35.5. The number of carbonyl (C=O) groups is 1. The van der Waals surface area contributed by atoms with Crippen LogP contribution in [0, 0.1) is 0 Å². The lowest BCUT2D eigenvalue weighted by atomic mass is 10.3. The predicted octanol–water partition coefficient (Wildman–Crippen LogP) is 2.90. The van der Waals surface area contributed by atoms with Gasteiger partial charge in [-0.1, -0.05) is 0 Å². The summed E-state index contributed by atoms with van der Waals surface area (Å²) < 4.78 is 26.6. The molecule has 6 nitrogen and oxygen atoms in total. The molecule has 9 heteroatoms. The van der Waals surface area contributed by atoms with Gasteiger partial charge in [0.05, 0.1) is 4.90 Å². The number of thiazole rings is 1. The third kappa shape index (κ3) is 4.69. The average molecular weight is 360 g/mol. The van der Waals surface area contributed by atoms with Crippen LogP contribution in [0.2, 0.25) is 0 Å². The molecule has 0 radical (unpaired) electrons. The fraction of sp³-hybridized carbons (Fsp3) is 0.231. The molecule has 0 bridgehead atoms. The number of aromatic nitrogens is 1. The van der Waals surface area contributed by atoms with Gasteiger partial charge in [0, 0.05) is 29.6 Å². The van der Waals surface area contributed by atoms with Crippen LogP contribution in [-0.4, -0.2) is 25.2 Å². The molecule has 0 unspecified atom stereocenters. The van der Waals surface area contributed by atoms with Crippen molar-refractivity contribution in [2.45, 2.75) is 17.7 Å². The zero-order valence-corrected chi connectivity index (χ0v) is 13.8. The summed E-state index contributed by atoms with van der Waals surface area (Å²) in [6, 6.07) is 5.92. The Morgan fingerprint density at radius 1 is 1.27 bits per heavy atom. The van der Waals surface area contributed by atoms with E-state index >= 15 is 0 Å². The normalized spacial score (nSPS) is 11.1. The molecule has 22 heavy (non-hydrogen) atoms. The highest BCUT2D eigenvalue weighted by Crippen LogP contribution is 2.19. The smallest absolute Gasteiger partial charge is 0.263 e. The topological polar surface area (TPSA) is 88.2 Å². The number of alkyl halides is 1. The van der Waals surface area contributed by atoms with Crippen LogP contribution in [0.4, 0.5) is 10.8 Å². The lowest BCUT2D eigenvalue weighted by Gasteiger charge is -2.07. The zero-order chi connectivity index (χ0) is 16.0. The van der Waals surface area contributed by atoms with Crippen LogP contribution in [0.15, 0.2) is 40.7 Å². The molecular formula is C13H14ClN3O3S2. The third-order valence-corrected chi connectivity index (χ3v) is 5.08. The molecule has 0 saturated carbocycles. The average Bonchev–Trinajstić information content (AvgIpc) is 2.98. The Bertz CT molecular complexity index is 715. The molecule has 0 fully saturated rings. The minimum atomic E-state index is -3.67. The highest BCUT2D eigenvalue weighted by molar-refractivity contribution is 7.93. The highest BCUT2D eigenvalue weighted by Gasteiger charge is 2.15. The van der Waals surface area contributed by atoms with Crippen molar-refractivity contribution in [2.75, 3.05) is 15.9 Å². The van der Waals surface area contributed by atoms with Gasteiger partial charge in [-0.05, 0) is 30.7 Å². The van der Waals surface area contributed by atoms with E-state index < -0.39 is 10.0 Å². The minimum Gasteiger partial charge on any atom is -0.326 e. The van der Waals surface area contributed by atoms with Crippen LogP contribution in [0.5, 0.6) is 0 Å². The van der Waals surface area contributed by atoms with Gasteiger partial charge in [0.25, 0.3) is 10.0 Å². The number of nitrogens with one attached hydrogen (secondary N) is 2. The first-order chi connectivity index (χ1) is 10.5. The molecule has 1 heterocycles. The van der Waals surface area contributed by atoms with Gasteiger partial charge in [0.15, 0.2) is 5.13 Å². The van der Waals surface area contributed by atoms with Gasteiger partial charge in [-0.25, -0.2) is 13.4 Å². The molecule has 2 aromatic rings. The summed E-state index contributed by atoms with van der Waals surface area (Å²) in [4.78, 5) is 15.5. The van der Waals surface area contributed by atoms with E-state index in [1.165, 1.54) is 41.8 Å². The van der Waals surface area contributed by atoms with E-state index in [1.807, 2.05) is 0 Å². The summed E-state index contributed by atoms with van der Waals surface area (Å²) in [5.41, 5.74) is 0.535. The summed E-state index contributed by atoms with van der Waals surface area (Å²) in [5.74, 6) is 0.268. The number of carbonyl (C=O) groups excluding carboxylic acids is 1. The Kier molecular flexibility index (Phi) is 5.76. The van der Waals surface area contributed by atoms with E-state index in [1.54, 1.807) is 5.38 Å². The van der Waals surface area contributed by atoms with Gasteiger partial charge in [-0.15, -0.1) is 22.9 Å². The van der Waals surface area contributed by atoms with Crippen molar-refractivity contribution in [3.63, 3.8) is 0 Å². The van der Waals surface area contributed by atoms with Crippen LogP contribution in [-0.2, 0) is 14.8 Å². The standard InChI is InChI=1S/C13H14ClN3O3S2/c14-7-1-2-12(18)16-10-3-5-11(6-4-10)22(19,20)17-13-15-8-9-21-13/h3-6,8-9H,1-2,7H2,(H,15,17)(H,16,18). The lowest BCUT2D eigenvalue weighted by Crippen LogP contribution is -2.14. The number of halogens is 1. The van der Waals surface area contributed by atoms with Crippen LogP contribution >= 0.6 is 22.9 Å². The van der Waals surface area contributed by atoms with E-state index in [-0.39, 0.29) is 10.8 Å². The Balaban J connectivity index is 2.03. The van der Waals surface area contributed by atoms with Crippen molar-refractivity contribution in [1.29, 1.82) is 0 Å². The van der Waals surface area contributed by atoms with Crippen molar-refractivity contribution < 1.29 is 13.2 Å². The van der Waals surface area contributed by atoms with Crippen molar-refractivity contribution >= 4 is 49.7 Å². The number of hydrogen-bond donors (Lipinski definition) is 2. The second-order valence-electron chi connectivity index (χ2n) is 4.31. The third-order valence-electron chi connectivity index (χ3n) is 2.64. The number of sulfonamides is 1. The van der Waals surface area contributed by atoms with Crippen LogP contribution < -0.4 is 10.0 Å². The summed E-state index contributed by atoms with van der Waals surface area (Å²) in [6.45, 7) is 0. The van der Waals surface area contributed by atoms with Crippen molar-refractivity contribution in [3.8, 4) is 0 Å². The maximum atomic E-state index is 12.1. The number of hydrogen-bond acceptors (Lipinski definition) is 5. The van der Waals surface area contributed by atoms with E-state index in [2.05, 4.69) is 15.0 Å². The molecule has 0 saturated heterocycles. The van der Waals surface area contributed by atoms with Gasteiger partial charge in [0.1, 0.15) is 0 Å². The van der Waals surface area contributed by atoms with Gasteiger partial charge < -0.3 is 5.32 Å². The number of anilines is 2. The van der Waals surface area contributed by atoms with Crippen molar-refractivity contribution in [3.05, 3.63) is 35.8 Å². The van der Waals surface area contributed by atoms with Gasteiger partial charge >= 0.3 is 0 Å². The zero-order valence-electron chi connectivity index (χ0n) is 11.5. The van der Waals surface area contributed by atoms with Crippen LogP contribution in [0.1, 0.15) is 12.8 Å².